The molecular formula is C20H36O4. The Kier molecular flexibility index (Phi) is 4.61. The number of aliphatic hydroxyl groups is 3. The zero-order chi connectivity index (χ0) is 17.8. The van der Waals surface area contributed by atoms with Crippen LogP contribution in [0.2, 0.25) is 0 Å². The second-order valence-corrected chi connectivity index (χ2v) is 9.78. The van der Waals surface area contributed by atoms with Crippen LogP contribution < -0.4 is 0 Å². The second kappa shape index (κ2) is 5.94. The van der Waals surface area contributed by atoms with Gasteiger partial charge < -0.3 is 20.1 Å². The molecule has 2 aliphatic carbocycles. The van der Waals surface area contributed by atoms with Gasteiger partial charge in [0.1, 0.15) is 6.10 Å². The zero-order valence-corrected chi connectivity index (χ0v) is 15.8. The minimum Gasteiger partial charge on any atom is -0.396 e. The van der Waals surface area contributed by atoms with Crippen molar-refractivity contribution in [1.82, 2.24) is 0 Å². The van der Waals surface area contributed by atoms with Crippen molar-refractivity contribution in [3.63, 3.8) is 0 Å². The molecule has 0 aromatic carbocycles. The Morgan fingerprint density at radius 1 is 0.958 bits per heavy atom. The van der Waals surface area contributed by atoms with Gasteiger partial charge in [-0.15, -0.1) is 0 Å². The Morgan fingerprint density at radius 2 is 1.62 bits per heavy atom. The van der Waals surface area contributed by atoms with Gasteiger partial charge in [-0.2, -0.15) is 0 Å². The highest BCUT2D eigenvalue weighted by molar-refractivity contribution is 5.11. The first-order valence-corrected chi connectivity index (χ1v) is 9.73. The molecule has 3 aliphatic rings. The highest BCUT2D eigenvalue weighted by Crippen LogP contribution is 2.65. The lowest BCUT2D eigenvalue weighted by Crippen LogP contribution is -2.65. The van der Waals surface area contributed by atoms with Crippen molar-refractivity contribution >= 4 is 0 Å². The second-order valence-electron chi connectivity index (χ2n) is 9.78. The van der Waals surface area contributed by atoms with E-state index in [-0.39, 0.29) is 29.6 Å². The summed E-state index contributed by atoms with van der Waals surface area (Å²) in [5.74, 6) is 0.992. The van der Waals surface area contributed by atoms with Gasteiger partial charge in [0.15, 0.2) is 0 Å². The van der Waals surface area contributed by atoms with E-state index in [0.717, 1.165) is 32.1 Å². The number of rotatable bonds is 3. The fourth-order valence-electron chi connectivity index (χ4n) is 6.80. The van der Waals surface area contributed by atoms with Gasteiger partial charge in [0.25, 0.3) is 0 Å². The molecule has 4 heteroatoms. The van der Waals surface area contributed by atoms with Crippen molar-refractivity contribution in [2.24, 2.45) is 22.7 Å². The lowest BCUT2D eigenvalue weighted by molar-refractivity contribution is -0.289. The molecule has 0 bridgehead atoms. The third-order valence-corrected chi connectivity index (χ3v) is 8.20. The molecule has 3 rings (SSSR count). The quantitative estimate of drug-likeness (QED) is 0.739. The van der Waals surface area contributed by atoms with Crippen LogP contribution in [0, 0.1) is 22.7 Å². The molecule has 2 saturated carbocycles. The van der Waals surface area contributed by atoms with Gasteiger partial charge in [0.05, 0.1) is 17.8 Å². The summed E-state index contributed by atoms with van der Waals surface area (Å²) >= 11 is 0. The predicted octanol–water partition coefficient (Wildman–Crippen LogP) is 2.88. The summed E-state index contributed by atoms with van der Waals surface area (Å²) in [5, 5.41) is 29.7. The van der Waals surface area contributed by atoms with Crippen LogP contribution in [0.5, 0.6) is 0 Å². The molecule has 0 radical (unpaired) electrons. The lowest BCUT2D eigenvalue weighted by Gasteiger charge is -2.65. The van der Waals surface area contributed by atoms with Crippen molar-refractivity contribution in [3.8, 4) is 0 Å². The SMILES string of the molecule is C[C@@]1(CO)CCC[C@]2(C)[C@@H]1CC[C@]1(C)O[C@@](C)([C@H](O)CO)CC[C@H]21. The molecule has 0 aromatic heterocycles. The summed E-state index contributed by atoms with van der Waals surface area (Å²) < 4.78 is 6.56. The van der Waals surface area contributed by atoms with Gasteiger partial charge in [0, 0.05) is 6.61 Å². The Morgan fingerprint density at radius 3 is 2.25 bits per heavy atom. The van der Waals surface area contributed by atoms with Crippen molar-refractivity contribution in [1.29, 1.82) is 0 Å². The van der Waals surface area contributed by atoms with E-state index in [1.54, 1.807) is 0 Å². The summed E-state index contributed by atoms with van der Waals surface area (Å²) in [6.07, 6.45) is 6.53. The Bertz CT molecular complexity index is 482. The minimum absolute atomic E-state index is 0.0275. The standard InChI is InChI=1S/C20H36O4/c1-17(13-22)8-5-9-18(2)14(17)6-10-19(3)15(18)7-11-20(4,24-19)16(23)12-21/h14-16,21-23H,5-13H2,1-4H3/t14-,15-,16-,17+,18-,19+,20-/m1/s1. The van der Waals surface area contributed by atoms with Gasteiger partial charge in [0.2, 0.25) is 0 Å². The lowest BCUT2D eigenvalue weighted by atomic mass is 9.44. The molecule has 3 N–H and O–H groups in total. The largest absolute Gasteiger partial charge is 0.396 e. The molecule has 1 saturated heterocycles. The monoisotopic (exact) mass is 340 g/mol. The van der Waals surface area contributed by atoms with Crippen molar-refractivity contribution < 1.29 is 20.1 Å². The Labute approximate surface area is 146 Å². The zero-order valence-electron chi connectivity index (χ0n) is 15.8. The van der Waals surface area contributed by atoms with Crippen molar-refractivity contribution in [3.05, 3.63) is 0 Å². The molecule has 0 amide bonds. The molecule has 140 valence electrons. The molecular weight excluding hydrogens is 304 g/mol. The molecule has 0 spiro atoms. The number of hydrogen-bond donors (Lipinski definition) is 3. The van der Waals surface area contributed by atoms with Crippen LogP contribution in [-0.4, -0.2) is 45.8 Å². The average molecular weight is 341 g/mol. The summed E-state index contributed by atoms with van der Waals surface area (Å²) in [5.41, 5.74) is -0.686. The first kappa shape index (κ1) is 18.6. The number of hydrogen-bond acceptors (Lipinski definition) is 4. The van der Waals surface area contributed by atoms with Gasteiger partial charge in [-0.1, -0.05) is 20.3 Å². The van der Waals surface area contributed by atoms with Crippen LogP contribution in [0.4, 0.5) is 0 Å². The summed E-state index contributed by atoms with van der Waals surface area (Å²) in [4.78, 5) is 0. The fourth-order valence-corrected chi connectivity index (χ4v) is 6.80. The normalized spacial score (nSPS) is 53.1. The maximum atomic E-state index is 10.3. The van der Waals surface area contributed by atoms with Crippen LogP contribution in [0.3, 0.4) is 0 Å². The maximum absolute atomic E-state index is 10.3. The fraction of sp³-hybridized carbons (Fsp3) is 1.00. The number of fused-ring (bicyclic) bond motifs is 3. The predicted molar refractivity (Wildman–Crippen MR) is 93.6 cm³/mol. The Hall–Kier alpha value is -0.160. The van der Waals surface area contributed by atoms with E-state index in [2.05, 4.69) is 20.8 Å². The molecule has 0 aromatic rings. The molecule has 1 aliphatic heterocycles. The van der Waals surface area contributed by atoms with Crippen LogP contribution >= 0.6 is 0 Å². The smallest absolute Gasteiger partial charge is 0.106 e. The minimum atomic E-state index is -0.824. The van der Waals surface area contributed by atoms with Gasteiger partial charge >= 0.3 is 0 Å². The van der Waals surface area contributed by atoms with Crippen molar-refractivity contribution in [2.45, 2.75) is 89.9 Å². The number of ether oxygens (including phenoxy) is 1. The number of aliphatic hydroxyl groups excluding tert-OH is 3. The third kappa shape index (κ3) is 2.56. The van der Waals surface area contributed by atoms with Crippen LogP contribution in [0.1, 0.15) is 72.6 Å². The van der Waals surface area contributed by atoms with Gasteiger partial charge in [-0.05, 0) is 75.0 Å². The van der Waals surface area contributed by atoms with E-state index in [4.69, 9.17) is 4.74 Å². The maximum Gasteiger partial charge on any atom is 0.106 e. The summed E-state index contributed by atoms with van der Waals surface area (Å²) in [6.45, 7) is 8.87. The van der Waals surface area contributed by atoms with Crippen LogP contribution in [0.15, 0.2) is 0 Å². The Balaban J connectivity index is 1.91. The molecule has 7 atom stereocenters. The van der Waals surface area contributed by atoms with E-state index in [1.165, 1.54) is 12.8 Å². The highest BCUT2D eigenvalue weighted by atomic mass is 16.5. The van der Waals surface area contributed by atoms with Crippen LogP contribution in [-0.2, 0) is 4.74 Å². The van der Waals surface area contributed by atoms with E-state index in [1.807, 2.05) is 6.92 Å². The van der Waals surface area contributed by atoms with E-state index < -0.39 is 11.7 Å². The van der Waals surface area contributed by atoms with Crippen LogP contribution in [0.25, 0.3) is 0 Å². The molecule has 3 fully saturated rings. The van der Waals surface area contributed by atoms with E-state index in [0.29, 0.717) is 11.8 Å². The first-order chi connectivity index (χ1) is 11.1. The summed E-state index contributed by atoms with van der Waals surface area (Å²) in [7, 11) is 0. The molecule has 4 nitrogen and oxygen atoms in total. The van der Waals surface area contributed by atoms with Gasteiger partial charge in [-0.25, -0.2) is 0 Å². The summed E-state index contributed by atoms with van der Waals surface area (Å²) in [6, 6.07) is 0. The van der Waals surface area contributed by atoms with Gasteiger partial charge in [-0.3, -0.25) is 0 Å². The van der Waals surface area contributed by atoms with E-state index >= 15 is 0 Å². The first-order valence-electron chi connectivity index (χ1n) is 9.73. The molecule has 24 heavy (non-hydrogen) atoms. The van der Waals surface area contributed by atoms with Crippen molar-refractivity contribution in [2.75, 3.05) is 13.2 Å². The third-order valence-electron chi connectivity index (χ3n) is 8.20. The average Bonchev–Trinajstić information content (AvgIpc) is 2.52. The van der Waals surface area contributed by atoms with E-state index in [9.17, 15) is 15.3 Å². The molecule has 1 heterocycles. The highest BCUT2D eigenvalue weighted by Gasteiger charge is 2.62. The molecule has 0 unspecified atom stereocenters. The topological polar surface area (TPSA) is 69.9 Å².